The van der Waals surface area contributed by atoms with Crippen LogP contribution in [-0.4, -0.2) is 32.1 Å². The van der Waals surface area contributed by atoms with Gasteiger partial charge < -0.3 is 14.8 Å². The van der Waals surface area contributed by atoms with Crippen molar-refractivity contribution >= 4 is 5.78 Å². The molecule has 4 nitrogen and oxygen atoms in total. The lowest BCUT2D eigenvalue weighted by Crippen LogP contribution is -2.28. The van der Waals surface area contributed by atoms with Crippen molar-refractivity contribution in [1.82, 2.24) is 5.32 Å². The first-order valence-electron chi connectivity index (χ1n) is 12.9. The Bertz CT molecular complexity index is 948. The Morgan fingerprint density at radius 3 is 2.58 bits per heavy atom. The van der Waals surface area contributed by atoms with Gasteiger partial charge in [-0.25, -0.2) is 0 Å². The highest BCUT2D eigenvalue weighted by Crippen LogP contribution is 2.45. The van der Waals surface area contributed by atoms with Crippen LogP contribution < -0.4 is 14.8 Å². The SMILES string of the molecule is C[C@@H](C[C@H]1CC[C@@H](c2ccc(C(=O)CC3CCNCC3)cc2)C1)c1cccc2c1OCCO2. The van der Waals surface area contributed by atoms with Gasteiger partial charge >= 0.3 is 0 Å². The van der Waals surface area contributed by atoms with Gasteiger partial charge in [-0.1, -0.05) is 43.3 Å². The second-order valence-corrected chi connectivity index (χ2v) is 10.3. The van der Waals surface area contributed by atoms with Gasteiger partial charge in [0.05, 0.1) is 0 Å². The predicted octanol–water partition coefficient (Wildman–Crippen LogP) is 6.11. The highest BCUT2D eigenvalue weighted by atomic mass is 16.6. The Morgan fingerprint density at radius 1 is 0.970 bits per heavy atom. The number of carbonyl (C=O) groups is 1. The van der Waals surface area contributed by atoms with Crippen LogP contribution in [0.15, 0.2) is 42.5 Å². The minimum Gasteiger partial charge on any atom is -0.486 e. The number of fused-ring (bicyclic) bond motifs is 1. The van der Waals surface area contributed by atoms with Gasteiger partial charge in [-0.05, 0) is 86.9 Å². The van der Waals surface area contributed by atoms with Crippen LogP contribution in [0.25, 0.3) is 0 Å². The number of ketones is 1. The van der Waals surface area contributed by atoms with Crippen molar-refractivity contribution in [2.45, 2.75) is 63.7 Å². The van der Waals surface area contributed by atoms with Crippen LogP contribution in [-0.2, 0) is 0 Å². The fraction of sp³-hybridized carbons (Fsp3) is 0.552. The molecule has 1 aliphatic carbocycles. The van der Waals surface area contributed by atoms with E-state index in [2.05, 4.69) is 48.6 Å². The zero-order valence-corrected chi connectivity index (χ0v) is 19.9. The molecule has 2 fully saturated rings. The molecule has 2 aromatic carbocycles. The number of hydrogen-bond donors (Lipinski definition) is 1. The number of para-hydroxylation sites is 1. The van der Waals surface area contributed by atoms with E-state index in [1.54, 1.807) is 0 Å². The van der Waals surface area contributed by atoms with Crippen LogP contribution in [0.2, 0.25) is 0 Å². The Hall–Kier alpha value is -2.33. The molecule has 0 unspecified atom stereocenters. The van der Waals surface area contributed by atoms with Gasteiger partial charge in [-0.2, -0.15) is 0 Å². The summed E-state index contributed by atoms with van der Waals surface area (Å²) in [6, 6.07) is 14.9. The minimum absolute atomic E-state index is 0.309. The first-order chi connectivity index (χ1) is 16.2. The number of hydrogen-bond acceptors (Lipinski definition) is 4. The standard InChI is InChI=1S/C29H37NO3/c1-20(26-3-2-4-28-29(26)33-16-15-32-28)17-22-5-6-25(18-22)23-7-9-24(10-8-23)27(31)19-21-11-13-30-14-12-21/h2-4,7-10,20-22,25,30H,5-6,11-19H2,1H3/t20-,22+,25+/m0/s1. The highest BCUT2D eigenvalue weighted by molar-refractivity contribution is 5.96. The van der Waals surface area contributed by atoms with E-state index in [0.29, 0.717) is 43.2 Å². The molecule has 3 aliphatic rings. The molecule has 2 heterocycles. The van der Waals surface area contributed by atoms with Gasteiger partial charge in [0, 0.05) is 17.5 Å². The Morgan fingerprint density at radius 2 is 1.76 bits per heavy atom. The molecule has 5 rings (SSSR count). The maximum Gasteiger partial charge on any atom is 0.164 e. The average molecular weight is 448 g/mol. The molecule has 1 saturated carbocycles. The fourth-order valence-electron chi connectivity index (χ4n) is 6.11. The zero-order valence-electron chi connectivity index (χ0n) is 19.9. The van der Waals surface area contributed by atoms with E-state index in [-0.39, 0.29) is 0 Å². The Kier molecular flexibility index (Phi) is 7.01. The molecule has 33 heavy (non-hydrogen) atoms. The smallest absolute Gasteiger partial charge is 0.164 e. The molecular formula is C29H37NO3. The first kappa shape index (κ1) is 22.5. The topological polar surface area (TPSA) is 47.6 Å². The highest BCUT2D eigenvalue weighted by Gasteiger charge is 2.29. The van der Waals surface area contributed by atoms with Crippen molar-refractivity contribution in [2.24, 2.45) is 11.8 Å². The van der Waals surface area contributed by atoms with Gasteiger partial charge in [0.25, 0.3) is 0 Å². The minimum atomic E-state index is 0.309. The van der Waals surface area contributed by atoms with E-state index in [4.69, 9.17) is 9.47 Å². The molecular weight excluding hydrogens is 410 g/mol. The van der Waals surface area contributed by atoms with Gasteiger partial charge in [0.15, 0.2) is 17.3 Å². The molecule has 0 radical (unpaired) electrons. The largest absolute Gasteiger partial charge is 0.486 e. The van der Waals surface area contributed by atoms with E-state index >= 15 is 0 Å². The average Bonchev–Trinajstić information content (AvgIpc) is 3.33. The Labute approximate surface area is 198 Å². The summed E-state index contributed by atoms with van der Waals surface area (Å²) in [6.07, 6.45) is 7.88. The number of Topliss-reactive ketones (excluding diaryl/α,β-unsaturated/α-hetero) is 1. The van der Waals surface area contributed by atoms with Crippen molar-refractivity contribution in [1.29, 1.82) is 0 Å². The quantitative estimate of drug-likeness (QED) is 0.521. The van der Waals surface area contributed by atoms with E-state index in [1.807, 2.05) is 6.07 Å². The van der Waals surface area contributed by atoms with E-state index in [9.17, 15) is 4.79 Å². The van der Waals surface area contributed by atoms with E-state index < -0.39 is 0 Å². The summed E-state index contributed by atoms with van der Waals surface area (Å²) in [5.74, 6) is 4.50. The fourth-order valence-corrected chi connectivity index (χ4v) is 6.11. The van der Waals surface area contributed by atoms with Crippen LogP contribution in [0.5, 0.6) is 11.5 Å². The lowest BCUT2D eigenvalue weighted by atomic mass is 9.87. The summed E-state index contributed by atoms with van der Waals surface area (Å²) >= 11 is 0. The second kappa shape index (κ2) is 10.3. The van der Waals surface area contributed by atoms with Crippen molar-refractivity contribution in [3.05, 3.63) is 59.2 Å². The van der Waals surface area contributed by atoms with Crippen LogP contribution in [0.1, 0.15) is 85.2 Å². The second-order valence-electron chi connectivity index (χ2n) is 10.3. The summed E-state index contributed by atoms with van der Waals surface area (Å²) < 4.78 is 11.7. The van der Waals surface area contributed by atoms with Gasteiger partial charge in [-0.15, -0.1) is 0 Å². The lowest BCUT2D eigenvalue weighted by Gasteiger charge is -2.25. The molecule has 1 N–H and O–H groups in total. The summed E-state index contributed by atoms with van der Waals surface area (Å²) in [5, 5.41) is 3.38. The van der Waals surface area contributed by atoms with Crippen molar-refractivity contribution in [2.75, 3.05) is 26.3 Å². The molecule has 0 amide bonds. The molecule has 0 bridgehead atoms. The summed E-state index contributed by atoms with van der Waals surface area (Å²) in [5.41, 5.74) is 3.57. The van der Waals surface area contributed by atoms with E-state index in [1.165, 1.54) is 36.8 Å². The molecule has 2 aliphatic heterocycles. The molecule has 1 saturated heterocycles. The van der Waals surface area contributed by atoms with Crippen LogP contribution in [0, 0.1) is 11.8 Å². The van der Waals surface area contributed by atoms with Crippen LogP contribution in [0.4, 0.5) is 0 Å². The van der Waals surface area contributed by atoms with Crippen molar-refractivity contribution in [3.8, 4) is 11.5 Å². The lowest BCUT2D eigenvalue weighted by molar-refractivity contribution is 0.0952. The number of carbonyl (C=O) groups excluding carboxylic acids is 1. The monoisotopic (exact) mass is 447 g/mol. The number of ether oxygens (including phenoxy) is 2. The third-order valence-electron chi connectivity index (χ3n) is 7.99. The third kappa shape index (κ3) is 5.27. The first-order valence-corrected chi connectivity index (χ1v) is 12.9. The third-order valence-corrected chi connectivity index (χ3v) is 7.99. The molecule has 2 aromatic rings. The van der Waals surface area contributed by atoms with Gasteiger partial charge in [-0.3, -0.25) is 4.79 Å². The summed E-state index contributed by atoms with van der Waals surface area (Å²) in [7, 11) is 0. The van der Waals surface area contributed by atoms with Crippen LogP contribution >= 0.6 is 0 Å². The number of rotatable bonds is 7. The molecule has 0 spiro atoms. The zero-order chi connectivity index (χ0) is 22.6. The maximum absolute atomic E-state index is 12.7. The van der Waals surface area contributed by atoms with Crippen LogP contribution in [0.3, 0.4) is 0 Å². The number of piperidine rings is 1. The van der Waals surface area contributed by atoms with Crippen molar-refractivity contribution < 1.29 is 14.3 Å². The number of nitrogens with one attached hydrogen (secondary N) is 1. The molecule has 4 heteroatoms. The normalized spacial score (nSPS) is 23.9. The van der Waals surface area contributed by atoms with E-state index in [0.717, 1.165) is 48.9 Å². The summed E-state index contributed by atoms with van der Waals surface area (Å²) in [4.78, 5) is 12.7. The molecule has 3 atom stereocenters. The Balaban J connectivity index is 1.16. The predicted molar refractivity (Wildman–Crippen MR) is 132 cm³/mol. The van der Waals surface area contributed by atoms with Crippen molar-refractivity contribution in [3.63, 3.8) is 0 Å². The molecule has 176 valence electrons. The summed E-state index contributed by atoms with van der Waals surface area (Å²) in [6.45, 7) is 5.69. The number of benzene rings is 2. The maximum atomic E-state index is 12.7. The van der Waals surface area contributed by atoms with Gasteiger partial charge in [0.2, 0.25) is 0 Å². The molecule has 0 aromatic heterocycles. The van der Waals surface area contributed by atoms with Gasteiger partial charge in [0.1, 0.15) is 13.2 Å².